The average molecular weight is 266 g/mol. The molecule has 4 N–H and O–H groups in total. The predicted octanol–water partition coefficient (Wildman–Crippen LogP) is 0.992. The molecule has 2 unspecified atom stereocenters. The van der Waals surface area contributed by atoms with Crippen LogP contribution in [0.25, 0.3) is 0 Å². The van der Waals surface area contributed by atoms with Gasteiger partial charge in [-0.2, -0.15) is 5.10 Å². The van der Waals surface area contributed by atoms with Crippen molar-refractivity contribution in [2.75, 3.05) is 0 Å². The van der Waals surface area contributed by atoms with Gasteiger partial charge in [-0.25, -0.2) is 0 Å². The molecule has 0 bridgehead atoms. The molecule has 0 fully saturated rings. The third-order valence-electron chi connectivity index (χ3n) is 3.19. The first-order chi connectivity index (χ1) is 8.99. The molecule has 0 saturated heterocycles. The van der Waals surface area contributed by atoms with Gasteiger partial charge in [0.1, 0.15) is 11.7 Å². The first-order valence-electron chi connectivity index (χ1n) is 6.64. The Hall–Kier alpha value is -1.85. The van der Waals surface area contributed by atoms with Crippen molar-refractivity contribution in [1.29, 1.82) is 0 Å². The van der Waals surface area contributed by atoms with Crippen LogP contribution in [0.4, 0.5) is 0 Å². The Morgan fingerprint density at radius 3 is 2.68 bits per heavy atom. The Labute approximate surface area is 113 Å². The summed E-state index contributed by atoms with van der Waals surface area (Å²) in [6, 6.07) is 1.04. The molecule has 1 aromatic heterocycles. The van der Waals surface area contributed by atoms with Gasteiger partial charge in [-0.1, -0.05) is 33.6 Å². The summed E-state index contributed by atoms with van der Waals surface area (Å²) in [6.07, 6.45) is 2.57. The highest BCUT2D eigenvalue weighted by Crippen LogP contribution is 2.09. The van der Waals surface area contributed by atoms with E-state index in [-0.39, 0.29) is 17.5 Å². The van der Waals surface area contributed by atoms with Crippen LogP contribution in [-0.2, 0) is 11.2 Å². The van der Waals surface area contributed by atoms with Crippen LogP contribution in [0.2, 0.25) is 0 Å². The number of aryl methyl sites for hydroxylation is 1. The van der Waals surface area contributed by atoms with Crippen LogP contribution >= 0.6 is 0 Å². The minimum Gasteiger partial charge on any atom is -0.368 e. The van der Waals surface area contributed by atoms with Crippen LogP contribution in [0.5, 0.6) is 0 Å². The van der Waals surface area contributed by atoms with E-state index in [0.29, 0.717) is 0 Å². The lowest BCUT2D eigenvalue weighted by molar-refractivity contribution is -0.120. The van der Waals surface area contributed by atoms with Gasteiger partial charge in [0, 0.05) is 5.69 Å². The molecule has 106 valence electrons. The maximum Gasteiger partial charge on any atom is 0.272 e. The van der Waals surface area contributed by atoms with Crippen LogP contribution in [-0.4, -0.2) is 28.1 Å². The molecule has 0 aliphatic rings. The highest BCUT2D eigenvalue weighted by atomic mass is 16.2. The summed E-state index contributed by atoms with van der Waals surface area (Å²) in [5.74, 6) is -0.898. The fraction of sp³-hybridized carbons (Fsp3) is 0.615. The van der Waals surface area contributed by atoms with Crippen molar-refractivity contribution in [1.82, 2.24) is 15.5 Å². The van der Waals surface area contributed by atoms with Crippen LogP contribution in [0, 0.1) is 5.92 Å². The van der Waals surface area contributed by atoms with Crippen LogP contribution in [0.1, 0.15) is 49.8 Å². The first-order valence-corrected chi connectivity index (χ1v) is 6.64. The lowest BCUT2D eigenvalue weighted by atomic mass is 9.98. The minimum atomic E-state index is -0.663. The number of hydrogen-bond acceptors (Lipinski definition) is 3. The zero-order chi connectivity index (χ0) is 14.4. The van der Waals surface area contributed by atoms with Crippen molar-refractivity contribution < 1.29 is 9.59 Å². The van der Waals surface area contributed by atoms with E-state index in [1.54, 1.807) is 6.07 Å². The molecule has 1 aromatic rings. The maximum absolute atomic E-state index is 12.0. The summed E-state index contributed by atoms with van der Waals surface area (Å²) in [5.41, 5.74) is 6.51. The van der Waals surface area contributed by atoms with Gasteiger partial charge >= 0.3 is 0 Å². The average Bonchev–Trinajstić information content (AvgIpc) is 2.83. The summed E-state index contributed by atoms with van der Waals surface area (Å²) >= 11 is 0. The predicted molar refractivity (Wildman–Crippen MR) is 72.5 cm³/mol. The smallest absolute Gasteiger partial charge is 0.272 e. The number of hydrogen-bond donors (Lipinski definition) is 3. The molecule has 0 aliphatic heterocycles. The van der Waals surface area contributed by atoms with Crippen molar-refractivity contribution >= 4 is 11.8 Å². The van der Waals surface area contributed by atoms with E-state index in [0.717, 1.165) is 25.0 Å². The van der Waals surface area contributed by atoms with Crippen molar-refractivity contribution in [2.45, 2.75) is 46.1 Å². The molecule has 0 aromatic carbocycles. The van der Waals surface area contributed by atoms with E-state index < -0.39 is 11.9 Å². The number of amides is 2. The van der Waals surface area contributed by atoms with E-state index in [1.807, 2.05) is 20.8 Å². The second kappa shape index (κ2) is 6.92. The Bertz CT molecular complexity index is 442. The van der Waals surface area contributed by atoms with E-state index >= 15 is 0 Å². The number of carbonyl (C=O) groups is 2. The first kappa shape index (κ1) is 15.2. The number of rotatable bonds is 7. The molecule has 0 saturated carbocycles. The van der Waals surface area contributed by atoms with Crippen molar-refractivity contribution in [3.63, 3.8) is 0 Å². The largest absolute Gasteiger partial charge is 0.368 e. The minimum absolute atomic E-state index is 0.00416. The molecular formula is C13H22N4O2. The molecule has 19 heavy (non-hydrogen) atoms. The third-order valence-corrected chi connectivity index (χ3v) is 3.19. The Morgan fingerprint density at radius 2 is 2.16 bits per heavy atom. The van der Waals surface area contributed by atoms with Crippen LogP contribution in [0.3, 0.4) is 0 Å². The lowest BCUT2D eigenvalue weighted by Gasteiger charge is -2.20. The molecule has 0 spiro atoms. The molecule has 1 rings (SSSR count). The monoisotopic (exact) mass is 266 g/mol. The molecule has 2 amide bonds. The Kier molecular flexibility index (Phi) is 5.54. The number of nitrogens with two attached hydrogens (primary N) is 1. The summed E-state index contributed by atoms with van der Waals surface area (Å²) in [5, 5.41) is 9.39. The van der Waals surface area contributed by atoms with Crippen LogP contribution in [0.15, 0.2) is 6.07 Å². The molecule has 6 nitrogen and oxygen atoms in total. The lowest BCUT2D eigenvalue weighted by Crippen LogP contribution is -2.48. The summed E-state index contributed by atoms with van der Waals surface area (Å²) in [4.78, 5) is 23.3. The molecule has 1 heterocycles. The fourth-order valence-corrected chi connectivity index (χ4v) is 1.82. The number of H-pyrrole nitrogens is 1. The number of primary amides is 1. The van der Waals surface area contributed by atoms with E-state index in [2.05, 4.69) is 15.5 Å². The fourth-order valence-electron chi connectivity index (χ4n) is 1.82. The second-order valence-corrected chi connectivity index (χ2v) is 4.77. The molecule has 0 aliphatic carbocycles. The van der Waals surface area contributed by atoms with Crippen LogP contribution < -0.4 is 11.1 Å². The van der Waals surface area contributed by atoms with E-state index in [4.69, 9.17) is 5.73 Å². The highest BCUT2D eigenvalue weighted by molar-refractivity contribution is 5.95. The van der Waals surface area contributed by atoms with Gasteiger partial charge in [0.25, 0.3) is 5.91 Å². The quantitative estimate of drug-likeness (QED) is 0.686. The summed E-state index contributed by atoms with van der Waals surface area (Å²) in [6.45, 7) is 5.87. The Balaban J connectivity index is 2.73. The van der Waals surface area contributed by atoms with Gasteiger partial charge in [-0.15, -0.1) is 0 Å². The van der Waals surface area contributed by atoms with Gasteiger partial charge in [-0.05, 0) is 18.4 Å². The number of carbonyl (C=O) groups excluding carboxylic acids is 2. The molecule has 2 atom stereocenters. The van der Waals surface area contributed by atoms with Gasteiger partial charge in [0.15, 0.2) is 0 Å². The summed E-state index contributed by atoms with van der Waals surface area (Å²) in [7, 11) is 0. The van der Waals surface area contributed by atoms with Gasteiger partial charge in [0.2, 0.25) is 5.91 Å². The zero-order valence-corrected chi connectivity index (χ0v) is 11.7. The standard InChI is InChI=1S/C13H22N4O2/c1-4-6-9-7-10(17-16-9)13(19)15-11(12(14)18)8(3)5-2/h7-8,11H,4-6H2,1-3H3,(H2,14,18)(H,15,19)(H,16,17). The molecule has 0 radical (unpaired) electrons. The zero-order valence-electron chi connectivity index (χ0n) is 11.7. The van der Waals surface area contributed by atoms with Crippen molar-refractivity contribution in [3.05, 3.63) is 17.5 Å². The highest BCUT2D eigenvalue weighted by Gasteiger charge is 2.24. The van der Waals surface area contributed by atoms with Crippen molar-refractivity contribution in [3.8, 4) is 0 Å². The van der Waals surface area contributed by atoms with Gasteiger partial charge in [-0.3, -0.25) is 14.7 Å². The number of aromatic amines is 1. The second-order valence-electron chi connectivity index (χ2n) is 4.77. The third kappa shape index (κ3) is 4.08. The Morgan fingerprint density at radius 1 is 1.47 bits per heavy atom. The molecule has 6 heteroatoms. The number of nitrogens with zero attached hydrogens (tertiary/aromatic N) is 1. The topological polar surface area (TPSA) is 101 Å². The van der Waals surface area contributed by atoms with Crippen molar-refractivity contribution in [2.24, 2.45) is 11.7 Å². The SMILES string of the molecule is CCCc1cc(C(=O)NC(C(N)=O)C(C)CC)n[nH]1. The van der Waals surface area contributed by atoms with E-state index in [9.17, 15) is 9.59 Å². The maximum atomic E-state index is 12.0. The molecular weight excluding hydrogens is 244 g/mol. The normalized spacial score (nSPS) is 13.8. The van der Waals surface area contributed by atoms with Gasteiger partial charge in [0.05, 0.1) is 0 Å². The number of aromatic nitrogens is 2. The van der Waals surface area contributed by atoms with E-state index in [1.165, 1.54) is 0 Å². The number of nitrogens with one attached hydrogen (secondary N) is 2. The summed E-state index contributed by atoms with van der Waals surface area (Å²) < 4.78 is 0. The van der Waals surface area contributed by atoms with Gasteiger partial charge < -0.3 is 11.1 Å².